The van der Waals surface area contributed by atoms with Gasteiger partial charge in [0.2, 0.25) is 0 Å². The fourth-order valence-electron chi connectivity index (χ4n) is 2.31. The Balaban J connectivity index is 1.71. The Morgan fingerprint density at radius 2 is 1.88 bits per heavy atom. The first-order valence-electron chi connectivity index (χ1n) is 6.40. The lowest BCUT2D eigenvalue weighted by molar-refractivity contribution is 0.266. The van der Waals surface area contributed by atoms with Gasteiger partial charge in [-0.3, -0.25) is 0 Å². The zero-order valence-corrected chi connectivity index (χ0v) is 11.8. The molecule has 0 atom stereocenters. The van der Waals surface area contributed by atoms with Crippen LogP contribution in [0.3, 0.4) is 0 Å². The van der Waals surface area contributed by atoms with Gasteiger partial charge in [0.1, 0.15) is 0 Å². The molecule has 0 N–H and O–H groups in total. The minimum atomic E-state index is 0.759. The molecule has 0 aromatic carbocycles. The first kappa shape index (κ1) is 13.3. The summed E-state index contributed by atoms with van der Waals surface area (Å²) < 4.78 is 0. The fraction of sp³-hybridized carbons (Fsp3) is 0.692. The number of hydrogen-bond donors (Lipinski definition) is 0. The molecule has 96 valence electrons. The number of hydrogen-bond acceptors (Lipinski definition) is 3. The third-order valence-electron chi connectivity index (χ3n) is 3.38. The van der Waals surface area contributed by atoms with Crippen molar-refractivity contribution in [1.29, 1.82) is 0 Å². The van der Waals surface area contributed by atoms with E-state index in [0.717, 1.165) is 12.4 Å². The Labute approximate surface area is 113 Å². The molecule has 1 aliphatic heterocycles. The molecular formula is C13H21ClN2S. The van der Waals surface area contributed by atoms with Gasteiger partial charge in [-0.15, -0.1) is 11.6 Å². The van der Waals surface area contributed by atoms with E-state index in [9.17, 15) is 0 Å². The molecule has 0 unspecified atom stereocenters. The van der Waals surface area contributed by atoms with E-state index in [0.29, 0.717) is 0 Å². The summed E-state index contributed by atoms with van der Waals surface area (Å²) in [7, 11) is 0. The second kappa shape index (κ2) is 7.37. The molecule has 0 amide bonds. The van der Waals surface area contributed by atoms with Gasteiger partial charge < -0.3 is 9.80 Å². The van der Waals surface area contributed by atoms with Crippen molar-refractivity contribution in [2.24, 2.45) is 0 Å². The lowest BCUT2D eigenvalue weighted by Crippen LogP contribution is -2.32. The van der Waals surface area contributed by atoms with E-state index in [-0.39, 0.29) is 0 Å². The molecule has 17 heavy (non-hydrogen) atoms. The third kappa shape index (κ3) is 4.59. The third-order valence-corrected chi connectivity index (χ3v) is 4.28. The van der Waals surface area contributed by atoms with Crippen molar-refractivity contribution < 1.29 is 0 Å². The van der Waals surface area contributed by atoms with Crippen LogP contribution in [0.2, 0.25) is 0 Å². The highest BCUT2D eigenvalue weighted by Gasteiger charge is 2.13. The summed E-state index contributed by atoms with van der Waals surface area (Å²) in [5.74, 6) is 0.759. The molecule has 2 rings (SSSR count). The summed E-state index contributed by atoms with van der Waals surface area (Å²) in [6, 6.07) is 2.24. The van der Waals surface area contributed by atoms with Crippen LogP contribution in [-0.2, 0) is 6.42 Å². The first-order chi connectivity index (χ1) is 8.38. The highest BCUT2D eigenvalue weighted by Crippen LogP contribution is 2.09. The summed E-state index contributed by atoms with van der Waals surface area (Å²) in [6.45, 7) is 7.06. The van der Waals surface area contributed by atoms with E-state index >= 15 is 0 Å². The van der Waals surface area contributed by atoms with Gasteiger partial charge in [0.05, 0.1) is 0 Å². The topological polar surface area (TPSA) is 6.48 Å². The maximum Gasteiger partial charge on any atom is 0.0351 e. The molecule has 4 heteroatoms. The van der Waals surface area contributed by atoms with Crippen LogP contribution < -0.4 is 0 Å². The minimum Gasteiger partial charge on any atom is -0.302 e. The molecule has 0 aliphatic carbocycles. The summed E-state index contributed by atoms with van der Waals surface area (Å²) in [5, 5.41) is 4.43. The predicted octanol–water partition coefficient (Wildman–Crippen LogP) is 2.54. The van der Waals surface area contributed by atoms with Crippen molar-refractivity contribution >= 4 is 22.9 Å². The molecule has 1 fully saturated rings. The molecule has 0 bridgehead atoms. The summed E-state index contributed by atoms with van der Waals surface area (Å²) in [4.78, 5) is 5.07. The zero-order chi connectivity index (χ0) is 11.9. The monoisotopic (exact) mass is 272 g/mol. The van der Waals surface area contributed by atoms with Crippen LogP contribution in [0, 0.1) is 0 Å². The van der Waals surface area contributed by atoms with Crippen molar-refractivity contribution in [2.45, 2.75) is 12.8 Å². The maximum absolute atomic E-state index is 5.80. The Morgan fingerprint density at radius 1 is 1.12 bits per heavy atom. The standard InChI is InChI=1S/C13H21ClN2S/c14-4-8-16-6-1-5-15(9-10-16)7-2-13-3-11-17-12-13/h3,11-12H,1-2,4-10H2. The van der Waals surface area contributed by atoms with Crippen molar-refractivity contribution in [2.75, 3.05) is 45.1 Å². The highest BCUT2D eigenvalue weighted by molar-refractivity contribution is 7.07. The van der Waals surface area contributed by atoms with E-state index in [1.807, 2.05) is 0 Å². The van der Waals surface area contributed by atoms with Crippen LogP contribution in [-0.4, -0.2) is 54.9 Å². The Bertz CT molecular complexity index is 302. The largest absolute Gasteiger partial charge is 0.302 e. The Kier molecular flexibility index (Phi) is 5.78. The number of thiophene rings is 1. The van der Waals surface area contributed by atoms with Gasteiger partial charge in [0.15, 0.2) is 0 Å². The van der Waals surface area contributed by atoms with E-state index in [2.05, 4.69) is 26.6 Å². The molecule has 0 spiro atoms. The average Bonchev–Trinajstić information content (AvgIpc) is 2.75. The maximum atomic E-state index is 5.80. The smallest absolute Gasteiger partial charge is 0.0351 e. The number of nitrogens with zero attached hydrogens (tertiary/aromatic N) is 2. The normalized spacial score (nSPS) is 19.4. The van der Waals surface area contributed by atoms with E-state index in [4.69, 9.17) is 11.6 Å². The van der Waals surface area contributed by atoms with Gasteiger partial charge >= 0.3 is 0 Å². The van der Waals surface area contributed by atoms with E-state index in [1.165, 1.54) is 51.1 Å². The predicted molar refractivity (Wildman–Crippen MR) is 76.2 cm³/mol. The molecule has 0 saturated carbocycles. The van der Waals surface area contributed by atoms with Gasteiger partial charge in [-0.05, 0) is 48.3 Å². The second-order valence-electron chi connectivity index (χ2n) is 4.61. The summed E-state index contributed by atoms with van der Waals surface area (Å²) in [6.07, 6.45) is 2.47. The minimum absolute atomic E-state index is 0.759. The lowest BCUT2D eigenvalue weighted by atomic mass is 10.2. The van der Waals surface area contributed by atoms with Crippen LogP contribution in [0.5, 0.6) is 0 Å². The molecule has 2 nitrogen and oxygen atoms in total. The second-order valence-corrected chi connectivity index (χ2v) is 5.77. The van der Waals surface area contributed by atoms with Gasteiger partial charge in [0, 0.05) is 32.1 Å². The van der Waals surface area contributed by atoms with Crippen molar-refractivity contribution in [3.63, 3.8) is 0 Å². The van der Waals surface area contributed by atoms with Crippen LogP contribution in [0.1, 0.15) is 12.0 Å². The van der Waals surface area contributed by atoms with Crippen molar-refractivity contribution in [1.82, 2.24) is 9.80 Å². The van der Waals surface area contributed by atoms with Gasteiger partial charge in [-0.2, -0.15) is 11.3 Å². The SMILES string of the molecule is ClCCN1CCCN(CCc2ccsc2)CC1. The van der Waals surface area contributed by atoms with Gasteiger partial charge in [0.25, 0.3) is 0 Å². The van der Waals surface area contributed by atoms with E-state index < -0.39 is 0 Å². The quantitative estimate of drug-likeness (QED) is 0.760. The molecule has 0 radical (unpaired) electrons. The lowest BCUT2D eigenvalue weighted by Gasteiger charge is -2.20. The van der Waals surface area contributed by atoms with E-state index in [1.54, 1.807) is 11.3 Å². The van der Waals surface area contributed by atoms with Crippen LogP contribution in [0.25, 0.3) is 0 Å². The summed E-state index contributed by atoms with van der Waals surface area (Å²) in [5.41, 5.74) is 1.48. The molecule has 1 aromatic heterocycles. The van der Waals surface area contributed by atoms with Crippen molar-refractivity contribution in [3.05, 3.63) is 22.4 Å². The molecule has 1 saturated heterocycles. The fourth-order valence-corrected chi connectivity index (χ4v) is 3.26. The van der Waals surface area contributed by atoms with Crippen LogP contribution >= 0.6 is 22.9 Å². The van der Waals surface area contributed by atoms with Gasteiger partial charge in [-0.25, -0.2) is 0 Å². The van der Waals surface area contributed by atoms with Crippen LogP contribution in [0.4, 0.5) is 0 Å². The molecule has 2 heterocycles. The zero-order valence-electron chi connectivity index (χ0n) is 10.3. The Morgan fingerprint density at radius 3 is 2.53 bits per heavy atom. The average molecular weight is 273 g/mol. The summed E-state index contributed by atoms with van der Waals surface area (Å²) >= 11 is 7.60. The van der Waals surface area contributed by atoms with Gasteiger partial charge in [-0.1, -0.05) is 0 Å². The number of halogens is 1. The number of alkyl halides is 1. The highest BCUT2D eigenvalue weighted by atomic mass is 35.5. The van der Waals surface area contributed by atoms with Crippen LogP contribution in [0.15, 0.2) is 16.8 Å². The number of rotatable bonds is 5. The van der Waals surface area contributed by atoms with Crippen molar-refractivity contribution in [3.8, 4) is 0 Å². The molecular weight excluding hydrogens is 252 g/mol. The first-order valence-corrected chi connectivity index (χ1v) is 7.88. The Hall–Kier alpha value is -0.0900. The molecule has 1 aromatic rings. The molecule has 1 aliphatic rings.